The monoisotopic (exact) mass is 594 g/mol. The predicted octanol–water partition coefficient (Wildman–Crippen LogP) is 7.05. The lowest BCUT2D eigenvalue weighted by Gasteiger charge is -2.10. The van der Waals surface area contributed by atoms with E-state index in [2.05, 4.69) is 32.2 Å². The fourth-order valence-corrected chi connectivity index (χ4v) is 4.93. The van der Waals surface area contributed by atoms with Gasteiger partial charge in [-0.1, -0.05) is 29.8 Å². The zero-order valence-electron chi connectivity index (χ0n) is 19.6. The van der Waals surface area contributed by atoms with Gasteiger partial charge in [-0.05, 0) is 100 Å². The van der Waals surface area contributed by atoms with Crippen LogP contribution < -0.4 is 4.74 Å². The van der Waals surface area contributed by atoms with Gasteiger partial charge in [0.15, 0.2) is 11.0 Å². The molecular formula is C27H20BrClN4O3S. The van der Waals surface area contributed by atoms with Gasteiger partial charge in [0.1, 0.15) is 17.3 Å². The summed E-state index contributed by atoms with van der Waals surface area (Å²) in [6.45, 7) is 2.85. The Balaban J connectivity index is 1.52. The lowest BCUT2D eigenvalue weighted by molar-refractivity contribution is -0.131. The first kappa shape index (κ1) is 26.5. The molecule has 0 atom stereocenters. The summed E-state index contributed by atoms with van der Waals surface area (Å²) >= 11 is 10.5. The molecule has 37 heavy (non-hydrogen) atoms. The van der Waals surface area contributed by atoms with E-state index in [0.717, 1.165) is 22.9 Å². The molecule has 1 N–H and O–H groups in total. The van der Waals surface area contributed by atoms with Gasteiger partial charge in [-0.3, -0.25) is 0 Å². The fraction of sp³-hybridized carbons (Fsp3) is 0.111. The number of hydrogen-bond acceptors (Lipinski definition) is 6. The predicted molar refractivity (Wildman–Crippen MR) is 147 cm³/mol. The first-order chi connectivity index (χ1) is 17.9. The molecule has 0 saturated heterocycles. The molecule has 3 aromatic carbocycles. The van der Waals surface area contributed by atoms with Gasteiger partial charge in [0.25, 0.3) is 0 Å². The number of carbonyl (C=O) groups is 1. The highest BCUT2D eigenvalue weighted by Gasteiger charge is 2.18. The Morgan fingerprint density at radius 2 is 1.89 bits per heavy atom. The minimum Gasteiger partial charge on any atom is -0.488 e. The normalized spacial score (nSPS) is 11.2. The van der Waals surface area contributed by atoms with E-state index in [-0.39, 0.29) is 4.91 Å². The molecular weight excluding hydrogens is 576 g/mol. The van der Waals surface area contributed by atoms with Crippen molar-refractivity contribution in [1.82, 2.24) is 14.8 Å². The molecule has 7 nitrogen and oxygen atoms in total. The number of aromatic nitrogens is 3. The van der Waals surface area contributed by atoms with Crippen LogP contribution >= 0.6 is 39.3 Å². The number of nitrogens with zero attached hydrogens (tertiary/aromatic N) is 4. The van der Waals surface area contributed by atoms with Crippen LogP contribution in [0.2, 0.25) is 5.02 Å². The molecule has 186 valence electrons. The molecule has 0 fully saturated rings. The van der Waals surface area contributed by atoms with Crippen LogP contribution in [0.1, 0.15) is 23.6 Å². The molecule has 0 aliphatic heterocycles. The summed E-state index contributed by atoms with van der Waals surface area (Å²) in [5.74, 6) is 0.184. The zero-order valence-corrected chi connectivity index (χ0v) is 22.7. The third-order valence-corrected chi connectivity index (χ3v) is 7.15. The summed E-state index contributed by atoms with van der Waals surface area (Å²) in [5.41, 5.74) is 3.04. The first-order valence-electron chi connectivity index (χ1n) is 11.1. The maximum atomic E-state index is 12.1. The smallest absolute Gasteiger partial charge is 0.342 e. The third kappa shape index (κ3) is 6.60. The highest BCUT2D eigenvalue weighted by molar-refractivity contribution is 9.10. The number of carboxylic acids is 1. The van der Waals surface area contributed by atoms with Crippen molar-refractivity contribution in [3.05, 3.63) is 97.8 Å². The Morgan fingerprint density at radius 1 is 1.16 bits per heavy atom. The fourth-order valence-electron chi connectivity index (χ4n) is 3.41. The summed E-state index contributed by atoms with van der Waals surface area (Å²) in [6, 6.07) is 21.9. The second-order valence-electron chi connectivity index (χ2n) is 7.76. The van der Waals surface area contributed by atoms with E-state index in [1.807, 2.05) is 35.8 Å². The van der Waals surface area contributed by atoms with Crippen molar-refractivity contribution in [2.24, 2.45) is 0 Å². The van der Waals surface area contributed by atoms with Gasteiger partial charge >= 0.3 is 5.97 Å². The molecule has 0 radical (unpaired) electrons. The molecule has 0 bridgehead atoms. The van der Waals surface area contributed by atoms with Crippen molar-refractivity contribution in [3.8, 4) is 23.2 Å². The van der Waals surface area contributed by atoms with Gasteiger partial charge in [-0.15, -0.1) is 10.2 Å². The van der Waals surface area contributed by atoms with E-state index >= 15 is 0 Å². The summed E-state index contributed by atoms with van der Waals surface area (Å²) in [4.78, 5) is 12.2. The van der Waals surface area contributed by atoms with Crippen LogP contribution in [0.3, 0.4) is 0 Å². The van der Waals surface area contributed by atoms with E-state index in [0.29, 0.717) is 50.5 Å². The van der Waals surface area contributed by atoms with Crippen LogP contribution in [0.15, 0.2) is 81.3 Å². The minimum atomic E-state index is -1.07. The van der Waals surface area contributed by atoms with E-state index in [9.17, 15) is 9.90 Å². The maximum absolute atomic E-state index is 12.1. The Kier molecular flexibility index (Phi) is 8.66. The number of halogens is 2. The van der Waals surface area contributed by atoms with E-state index in [1.54, 1.807) is 48.5 Å². The van der Waals surface area contributed by atoms with Gasteiger partial charge < -0.3 is 14.4 Å². The molecule has 4 aromatic rings. The number of ether oxygens (including phenoxy) is 1. The third-order valence-electron chi connectivity index (χ3n) is 5.28. The number of aliphatic carboxylic acids is 1. The number of nitriles is 1. The van der Waals surface area contributed by atoms with Crippen molar-refractivity contribution < 1.29 is 14.6 Å². The van der Waals surface area contributed by atoms with Crippen molar-refractivity contribution in [2.45, 2.75) is 25.2 Å². The van der Waals surface area contributed by atoms with Crippen molar-refractivity contribution in [1.29, 1.82) is 5.26 Å². The molecule has 0 unspecified atom stereocenters. The van der Waals surface area contributed by atoms with Crippen LogP contribution in [-0.4, -0.2) is 25.8 Å². The molecule has 4 rings (SSSR count). The molecule has 1 heterocycles. The van der Waals surface area contributed by atoms with Crippen LogP contribution in [-0.2, 0) is 17.9 Å². The molecule has 10 heteroatoms. The molecule has 0 spiro atoms. The first-order valence-corrected chi connectivity index (χ1v) is 13.1. The number of thioether (sulfide) groups is 1. The molecule has 0 amide bonds. The molecule has 0 saturated carbocycles. The second kappa shape index (κ2) is 12.1. The van der Waals surface area contributed by atoms with Gasteiger partial charge in [0.05, 0.1) is 16.1 Å². The summed E-state index contributed by atoms with van der Waals surface area (Å²) < 4.78 is 8.43. The summed E-state index contributed by atoms with van der Waals surface area (Å²) in [7, 11) is 0. The Morgan fingerprint density at radius 3 is 2.51 bits per heavy atom. The van der Waals surface area contributed by atoms with Crippen LogP contribution in [0.4, 0.5) is 0 Å². The average molecular weight is 596 g/mol. The lowest BCUT2D eigenvalue weighted by Crippen LogP contribution is -2.02. The zero-order chi connectivity index (χ0) is 26.4. The standard InChI is InChI=1S/C27H20BrClN4O3S/c1-2-33-25(20-8-10-21(29)11-9-20)31-32-27(33)37-24(26(34)35)14-19-7-12-23(22(28)13-19)36-16-18-5-3-17(15-30)4-6-18/h3-14H,2,16H2,1H3,(H,34,35)/b24-14-. The Hall–Kier alpha value is -3.58. The van der Waals surface area contributed by atoms with Crippen LogP contribution in [0.25, 0.3) is 17.5 Å². The summed E-state index contributed by atoms with van der Waals surface area (Å²) in [6.07, 6.45) is 1.58. The van der Waals surface area contributed by atoms with Crippen LogP contribution in [0.5, 0.6) is 5.75 Å². The molecule has 0 aliphatic carbocycles. The average Bonchev–Trinajstić information content (AvgIpc) is 3.31. The highest BCUT2D eigenvalue weighted by Crippen LogP contribution is 2.33. The van der Waals surface area contributed by atoms with E-state index in [1.165, 1.54) is 0 Å². The second-order valence-corrected chi connectivity index (χ2v) is 10.1. The van der Waals surface area contributed by atoms with Crippen molar-refractivity contribution >= 4 is 51.3 Å². The number of rotatable bonds is 9. The van der Waals surface area contributed by atoms with E-state index in [4.69, 9.17) is 21.6 Å². The quantitative estimate of drug-likeness (QED) is 0.163. The summed E-state index contributed by atoms with van der Waals surface area (Å²) in [5, 5.41) is 28.4. The minimum absolute atomic E-state index is 0.0999. The van der Waals surface area contributed by atoms with Gasteiger partial charge in [0.2, 0.25) is 0 Å². The number of hydrogen-bond donors (Lipinski definition) is 1. The van der Waals surface area contributed by atoms with Gasteiger partial charge in [0, 0.05) is 17.1 Å². The largest absolute Gasteiger partial charge is 0.488 e. The lowest BCUT2D eigenvalue weighted by atomic mass is 10.1. The number of carboxylic acid groups (broad SMARTS) is 1. The van der Waals surface area contributed by atoms with Gasteiger partial charge in [-0.25, -0.2) is 4.79 Å². The number of benzene rings is 3. The van der Waals surface area contributed by atoms with Gasteiger partial charge in [-0.2, -0.15) is 5.26 Å². The van der Waals surface area contributed by atoms with Crippen molar-refractivity contribution in [2.75, 3.05) is 0 Å². The SMILES string of the molecule is CCn1c(S/C(=C\c2ccc(OCc3ccc(C#N)cc3)c(Br)c2)C(=O)O)nnc1-c1ccc(Cl)cc1. The highest BCUT2D eigenvalue weighted by atomic mass is 79.9. The molecule has 0 aliphatic rings. The Bertz CT molecular complexity index is 1500. The van der Waals surface area contributed by atoms with Crippen LogP contribution in [0, 0.1) is 11.3 Å². The maximum Gasteiger partial charge on any atom is 0.342 e. The topological polar surface area (TPSA) is 101 Å². The van der Waals surface area contributed by atoms with Crippen molar-refractivity contribution in [3.63, 3.8) is 0 Å². The Labute approximate surface area is 231 Å². The van der Waals surface area contributed by atoms with E-state index < -0.39 is 5.97 Å². The molecule has 1 aromatic heterocycles.